The monoisotopic (exact) mass is 1680 g/mol. The molecule has 0 aliphatic rings. The Balaban J connectivity index is 0.720. The first kappa shape index (κ1) is 76.9. The first-order valence-electron chi connectivity index (χ1n) is 43.7. The van der Waals surface area contributed by atoms with E-state index in [1.54, 1.807) is 0 Å². The van der Waals surface area contributed by atoms with E-state index in [2.05, 4.69) is 316 Å². The van der Waals surface area contributed by atoms with Gasteiger partial charge in [-0.25, -0.2) is 0 Å². The minimum absolute atomic E-state index is 0.430. The molecule has 0 atom stereocenters. The van der Waals surface area contributed by atoms with E-state index in [-0.39, 0.29) is 0 Å². The maximum Gasteiger partial charge on any atom is 0.104 e. The van der Waals surface area contributed by atoms with Gasteiger partial charge < -0.3 is 18.3 Å². The van der Waals surface area contributed by atoms with Crippen LogP contribution in [0.15, 0.2) is 425 Å². The number of nitriles is 4. The molecule has 8 heterocycles. The molecule has 0 radical (unpaired) electrons. The van der Waals surface area contributed by atoms with Gasteiger partial charge in [-0.05, 0) is 201 Å². The number of fused-ring (bicyclic) bond motifs is 12. The van der Waals surface area contributed by atoms with E-state index in [0.29, 0.717) is 45.0 Å². The first-order chi connectivity index (χ1) is 65.2. The van der Waals surface area contributed by atoms with Crippen LogP contribution in [0.2, 0.25) is 0 Å². The molecule has 0 aliphatic heterocycles. The van der Waals surface area contributed by atoms with E-state index in [1.807, 2.05) is 152 Å². The molecule has 0 N–H and O–H groups in total. The third kappa shape index (κ3) is 13.1. The average molecular weight is 1680 g/mol. The Morgan fingerprint density at radius 2 is 0.402 bits per heavy atom. The Labute approximate surface area is 758 Å². The molecular weight excluding hydrogens is 1610 g/mol. The summed E-state index contributed by atoms with van der Waals surface area (Å²) in [6, 6.07) is 148. The quantitative estimate of drug-likeness (QED) is 0.0978. The van der Waals surface area contributed by atoms with Gasteiger partial charge in [0.25, 0.3) is 0 Å². The Kier molecular flexibility index (Phi) is 18.5. The fraction of sp³-hybridized carbons (Fsp3) is 0. The van der Waals surface area contributed by atoms with Gasteiger partial charge in [0.05, 0.1) is 113 Å². The third-order valence-electron chi connectivity index (χ3n) is 25.9. The molecule has 0 aliphatic carbocycles. The number of hydrogen-bond donors (Lipinski definition) is 0. The van der Waals surface area contributed by atoms with E-state index in [9.17, 15) is 21.0 Å². The largest absolute Gasteiger partial charge is 0.308 e. The summed E-state index contributed by atoms with van der Waals surface area (Å²) in [6.07, 6.45) is 7.76. The van der Waals surface area contributed by atoms with Gasteiger partial charge in [-0.3, -0.25) is 19.9 Å². The van der Waals surface area contributed by atoms with Crippen LogP contribution in [-0.4, -0.2) is 38.2 Å². The third-order valence-corrected chi connectivity index (χ3v) is 25.9. The lowest BCUT2D eigenvalue weighted by Crippen LogP contribution is -2.05. The highest BCUT2D eigenvalue weighted by Gasteiger charge is 2.28. The molecule has 0 spiro atoms. The van der Waals surface area contributed by atoms with E-state index < -0.39 is 0 Å². The highest BCUT2D eigenvalue weighted by Crippen LogP contribution is 2.48. The number of hydrogen-bond acceptors (Lipinski definition) is 8. The molecule has 24 rings (SSSR count). The van der Waals surface area contributed by atoms with Gasteiger partial charge in [0.1, 0.15) is 23.3 Å². The highest BCUT2D eigenvalue weighted by atomic mass is 15.0. The van der Waals surface area contributed by atoms with Gasteiger partial charge in [0, 0.05) is 112 Å². The molecule has 132 heavy (non-hydrogen) atoms. The average Bonchev–Trinajstić information content (AvgIpc) is 1.56. The maximum absolute atomic E-state index is 12.4. The normalized spacial score (nSPS) is 11.5. The van der Waals surface area contributed by atoms with Crippen LogP contribution in [-0.2, 0) is 0 Å². The van der Waals surface area contributed by atoms with Gasteiger partial charge >= 0.3 is 0 Å². The van der Waals surface area contributed by atoms with Crippen molar-refractivity contribution < 1.29 is 0 Å². The predicted octanol–water partition coefficient (Wildman–Crippen LogP) is 29.5. The number of aromatic nitrogens is 8. The number of benzene rings is 16. The van der Waals surface area contributed by atoms with Crippen molar-refractivity contribution in [1.29, 1.82) is 21.0 Å². The summed E-state index contributed by atoms with van der Waals surface area (Å²) < 4.78 is 8.98. The molecule has 8 aromatic heterocycles. The molecular formula is C120H70N12. The Bertz CT molecular complexity index is 9010. The van der Waals surface area contributed by atoms with Crippen LogP contribution in [0.3, 0.4) is 0 Å². The van der Waals surface area contributed by atoms with E-state index in [4.69, 9.17) is 19.9 Å². The minimum Gasteiger partial charge on any atom is -0.308 e. The second-order valence-electron chi connectivity index (χ2n) is 33.3. The van der Waals surface area contributed by atoms with Crippen molar-refractivity contribution in [3.63, 3.8) is 0 Å². The Morgan fingerprint density at radius 1 is 0.159 bits per heavy atom. The van der Waals surface area contributed by atoms with Crippen molar-refractivity contribution in [2.75, 3.05) is 0 Å². The minimum atomic E-state index is 0.430. The van der Waals surface area contributed by atoms with Gasteiger partial charge in [-0.15, -0.1) is 0 Å². The summed E-state index contributed by atoms with van der Waals surface area (Å²) in [4.78, 5) is 20.0. The molecule has 0 saturated carbocycles. The zero-order valence-corrected chi connectivity index (χ0v) is 70.8. The molecule has 0 amide bonds. The Hall–Kier alpha value is -18.7. The molecule has 16 aromatic carbocycles. The fourth-order valence-electron chi connectivity index (χ4n) is 19.5. The van der Waals surface area contributed by atoms with Crippen LogP contribution in [0.1, 0.15) is 22.3 Å². The van der Waals surface area contributed by atoms with Crippen molar-refractivity contribution in [1.82, 2.24) is 38.2 Å². The SMILES string of the molecule is N#Cc1cccc(-c2cc(-n3c4ccccc4c4cc(-c5ccc(-c6ccccc6)nc5)ccc43)c(C#N)c(-n3c4ccc(-c5ccc(-c6ccccc6)nc5)cc4c4cc(-c5ccc6c(c5)c5ccc(-c7ccc(-c8ccccc8)nc7)cc5n6-c5cc(-c6cccc(C#N)c6)cc(-n6c7ccccc7c7ccc(-c8ccc(-c9ccccc9)nc8)cc76)c5C#N)ccc43)c2)c1. The zero-order valence-electron chi connectivity index (χ0n) is 70.8. The van der Waals surface area contributed by atoms with Gasteiger partial charge in [-0.1, -0.05) is 255 Å². The van der Waals surface area contributed by atoms with Crippen molar-refractivity contribution in [2.45, 2.75) is 0 Å². The lowest BCUT2D eigenvalue weighted by molar-refractivity contribution is 1.12. The highest BCUT2D eigenvalue weighted by molar-refractivity contribution is 6.17. The maximum atomic E-state index is 12.4. The topological polar surface area (TPSA) is 166 Å². The van der Waals surface area contributed by atoms with Crippen LogP contribution < -0.4 is 0 Å². The summed E-state index contributed by atoms with van der Waals surface area (Å²) in [5.74, 6) is 0. The van der Waals surface area contributed by atoms with Gasteiger partial charge in [0.15, 0.2) is 0 Å². The number of rotatable bonds is 15. The summed E-state index contributed by atoms with van der Waals surface area (Å²) in [5.41, 5.74) is 31.9. The molecule has 12 nitrogen and oxygen atoms in total. The zero-order chi connectivity index (χ0) is 88.0. The van der Waals surface area contributed by atoms with Crippen molar-refractivity contribution in [3.8, 4) is 170 Å². The molecule has 0 fully saturated rings. The standard InChI is InChI=1S/C120H70N12/c121-67-75-19-17-29-81(55-75)93-63-117(129-110-34-16-14-32-96(110)99-59-85(43-53-111(99)129)89-37-47-105(125-71-89)77-21-5-1-6-22-77)103(69-123)118(64-93)130-113-52-42-84(58-101(113)102-60-86(44-54-114(102)130)90-38-48-106(126-72-90)78-23-7-2-8-24-78)83-41-51-112-100(57-83)98-46-36-88(92-40-50-108(128-74-92)80-27-11-4-12-28-80)62-116(98)132(112)120-66-94(82-30-18-20-76(56-82)68-122)65-119(104(120)70-124)131-109-33-15-13-31-95(109)97-45-35-87(61-115(97)131)91-39-49-107(127-73-91)79-25-9-3-10-26-79/h1-66,71-74H. The fourth-order valence-corrected chi connectivity index (χ4v) is 19.5. The predicted molar refractivity (Wildman–Crippen MR) is 534 cm³/mol. The van der Waals surface area contributed by atoms with E-state index in [0.717, 1.165) is 210 Å². The van der Waals surface area contributed by atoms with Gasteiger partial charge in [-0.2, -0.15) is 21.0 Å². The first-order valence-corrected chi connectivity index (χ1v) is 43.7. The lowest BCUT2D eigenvalue weighted by atomic mass is 9.98. The molecule has 24 aromatic rings. The summed E-state index contributed by atoms with van der Waals surface area (Å²) in [5, 5.41) is 53.8. The molecule has 0 unspecified atom stereocenters. The molecule has 0 bridgehead atoms. The van der Waals surface area contributed by atoms with Crippen molar-refractivity contribution >= 4 is 87.2 Å². The molecule has 0 saturated heterocycles. The Morgan fingerprint density at radius 3 is 0.720 bits per heavy atom. The van der Waals surface area contributed by atoms with E-state index >= 15 is 0 Å². The van der Waals surface area contributed by atoms with Gasteiger partial charge in [0.2, 0.25) is 0 Å². The van der Waals surface area contributed by atoms with Crippen molar-refractivity contribution in [3.05, 3.63) is 447 Å². The van der Waals surface area contributed by atoms with Crippen LogP contribution in [0, 0.1) is 45.3 Å². The number of pyridine rings is 4. The van der Waals surface area contributed by atoms with Crippen LogP contribution in [0.5, 0.6) is 0 Å². The van der Waals surface area contributed by atoms with Crippen LogP contribution in [0.25, 0.3) is 233 Å². The second-order valence-corrected chi connectivity index (χ2v) is 33.3. The summed E-state index contributed by atoms with van der Waals surface area (Å²) in [7, 11) is 0. The molecule has 610 valence electrons. The summed E-state index contributed by atoms with van der Waals surface area (Å²) in [6.45, 7) is 0. The lowest BCUT2D eigenvalue weighted by Gasteiger charge is -2.19. The van der Waals surface area contributed by atoms with Crippen molar-refractivity contribution in [2.24, 2.45) is 0 Å². The molecule has 12 heteroatoms. The summed E-state index contributed by atoms with van der Waals surface area (Å²) >= 11 is 0. The number of para-hydroxylation sites is 2. The van der Waals surface area contributed by atoms with E-state index in [1.165, 1.54) is 0 Å². The van der Waals surface area contributed by atoms with Crippen LogP contribution >= 0.6 is 0 Å². The van der Waals surface area contributed by atoms with Crippen LogP contribution in [0.4, 0.5) is 0 Å². The smallest absolute Gasteiger partial charge is 0.104 e. The second kappa shape index (κ2) is 31.7. The number of nitrogens with zero attached hydrogens (tertiary/aromatic N) is 12.